The molecule has 4 nitrogen and oxygen atoms in total. The molecule has 1 heterocycles. The van der Waals surface area contributed by atoms with Crippen LogP contribution < -0.4 is 10.8 Å². The van der Waals surface area contributed by atoms with Gasteiger partial charge in [0.25, 0.3) is 5.91 Å². The predicted molar refractivity (Wildman–Crippen MR) is 68.5 cm³/mol. The third-order valence-electron chi connectivity index (χ3n) is 2.21. The molecule has 0 atom stereocenters. The van der Waals surface area contributed by atoms with Crippen molar-refractivity contribution in [2.24, 2.45) is 0 Å². The molecule has 0 fully saturated rings. The maximum Gasteiger partial charge on any atom is 0.488 e. The highest BCUT2D eigenvalue weighted by Gasteiger charge is 2.11. The minimum Gasteiger partial charge on any atom is -0.423 e. The topological polar surface area (TPSA) is 69.6 Å². The molecule has 0 saturated heterocycles. The van der Waals surface area contributed by atoms with Gasteiger partial charge in [-0.1, -0.05) is 18.2 Å². The van der Waals surface area contributed by atoms with E-state index in [2.05, 4.69) is 5.32 Å². The summed E-state index contributed by atoms with van der Waals surface area (Å²) in [5, 5.41) is 22.4. The third-order valence-corrected chi connectivity index (χ3v) is 3.08. The molecule has 0 bridgehead atoms. The monoisotopic (exact) mass is 247 g/mol. The summed E-state index contributed by atoms with van der Waals surface area (Å²) in [7, 11) is -1.49. The van der Waals surface area contributed by atoms with Crippen LogP contribution in [0.5, 0.6) is 0 Å². The molecule has 17 heavy (non-hydrogen) atoms. The number of thiophene rings is 1. The lowest BCUT2D eigenvalue weighted by molar-refractivity contribution is 0.103. The molecule has 1 amide bonds. The summed E-state index contributed by atoms with van der Waals surface area (Å²) < 4.78 is 0. The van der Waals surface area contributed by atoms with Crippen LogP contribution in [0, 0.1) is 0 Å². The first-order chi connectivity index (χ1) is 8.16. The van der Waals surface area contributed by atoms with Crippen molar-refractivity contribution < 1.29 is 14.8 Å². The molecule has 3 N–H and O–H groups in total. The average Bonchev–Trinajstić information content (AvgIpc) is 2.83. The Hall–Kier alpha value is -1.63. The molecule has 0 spiro atoms. The number of hydrogen-bond acceptors (Lipinski definition) is 4. The van der Waals surface area contributed by atoms with Crippen molar-refractivity contribution in [2.45, 2.75) is 0 Å². The zero-order valence-electron chi connectivity index (χ0n) is 8.83. The van der Waals surface area contributed by atoms with Crippen molar-refractivity contribution in [3.63, 3.8) is 0 Å². The molecule has 0 saturated carbocycles. The van der Waals surface area contributed by atoms with Crippen molar-refractivity contribution in [1.82, 2.24) is 0 Å². The van der Waals surface area contributed by atoms with E-state index in [9.17, 15) is 4.79 Å². The molecule has 1 aromatic heterocycles. The Labute approximate surface area is 103 Å². The van der Waals surface area contributed by atoms with E-state index in [1.165, 1.54) is 11.3 Å². The first-order valence-electron chi connectivity index (χ1n) is 4.98. The Morgan fingerprint density at radius 1 is 1.18 bits per heavy atom. The van der Waals surface area contributed by atoms with Gasteiger partial charge in [-0.15, -0.1) is 11.3 Å². The van der Waals surface area contributed by atoms with E-state index in [0.29, 0.717) is 16.0 Å². The fourth-order valence-electron chi connectivity index (χ4n) is 1.34. The first-order valence-corrected chi connectivity index (χ1v) is 5.86. The molecule has 2 rings (SSSR count). The van der Waals surface area contributed by atoms with Crippen LogP contribution in [0.25, 0.3) is 0 Å². The summed E-state index contributed by atoms with van der Waals surface area (Å²) in [6.07, 6.45) is 0. The second kappa shape index (κ2) is 5.14. The highest BCUT2D eigenvalue weighted by Crippen LogP contribution is 2.12. The normalized spacial score (nSPS) is 10.0. The number of anilines is 1. The van der Waals surface area contributed by atoms with Gasteiger partial charge in [0.05, 0.1) is 4.88 Å². The summed E-state index contributed by atoms with van der Waals surface area (Å²) in [5.41, 5.74) is 1.01. The molecule has 0 unspecified atom stereocenters. The molecule has 0 aliphatic rings. The standard InChI is InChI=1S/C11H10BNO3S/c14-11(10-2-1-7-17-10)13-9-5-3-8(4-6-9)12(15)16/h1-7,15-16H,(H,13,14). The van der Waals surface area contributed by atoms with E-state index in [1.807, 2.05) is 11.4 Å². The minimum atomic E-state index is -1.49. The van der Waals surface area contributed by atoms with Gasteiger partial charge < -0.3 is 15.4 Å². The number of carbonyl (C=O) groups excluding carboxylic acids is 1. The Morgan fingerprint density at radius 2 is 1.88 bits per heavy atom. The van der Waals surface area contributed by atoms with Gasteiger partial charge in [-0.2, -0.15) is 0 Å². The van der Waals surface area contributed by atoms with Crippen LogP contribution in [0.2, 0.25) is 0 Å². The van der Waals surface area contributed by atoms with Crippen molar-refractivity contribution in [3.05, 3.63) is 46.7 Å². The van der Waals surface area contributed by atoms with Crippen molar-refractivity contribution in [1.29, 1.82) is 0 Å². The lowest BCUT2D eigenvalue weighted by Crippen LogP contribution is -2.29. The number of benzene rings is 1. The number of rotatable bonds is 3. The summed E-state index contributed by atoms with van der Waals surface area (Å²) >= 11 is 1.37. The molecular weight excluding hydrogens is 237 g/mol. The Kier molecular flexibility index (Phi) is 3.58. The minimum absolute atomic E-state index is 0.169. The van der Waals surface area contributed by atoms with Crippen LogP contribution in [0.4, 0.5) is 5.69 Å². The van der Waals surface area contributed by atoms with E-state index >= 15 is 0 Å². The Morgan fingerprint density at radius 3 is 2.41 bits per heavy atom. The highest BCUT2D eigenvalue weighted by atomic mass is 32.1. The van der Waals surface area contributed by atoms with Gasteiger partial charge in [-0.3, -0.25) is 4.79 Å². The van der Waals surface area contributed by atoms with Crippen LogP contribution >= 0.6 is 11.3 Å². The van der Waals surface area contributed by atoms with Gasteiger partial charge in [-0.05, 0) is 29.0 Å². The van der Waals surface area contributed by atoms with Crippen LogP contribution in [0.3, 0.4) is 0 Å². The number of amides is 1. The van der Waals surface area contributed by atoms with Gasteiger partial charge in [0, 0.05) is 5.69 Å². The van der Waals surface area contributed by atoms with E-state index in [4.69, 9.17) is 10.0 Å². The molecular formula is C11H10BNO3S. The number of hydrogen-bond donors (Lipinski definition) is 3. The molecule has 2 aromatic rings. The van der Waals surface area contributed by atoms with Gasteiger partial charge in [0.2, 0.25) is 0 Å². The smallest absolute Gasteiger partial charge is 0.423 e. The second-order valence-electron chi connectivity index (χ2n) is 3.43. The quantitative estimate of drug-likeness (QED) is 0.698. The van der Waals surface area contributed by atoms with Gasteiger partial charge in [0.15, 0.2) is 0 Å². The molecule has 86 valence electrons. The van der Waals surface area contributed by atoms with Gasteiger partial charge in [-0.25, -0.2) is 0 Å². The highest BCUT2D eigenvalue weighted by molar-refractivity contribution is 7.12. The Balaban J connectivity index is 2.07. The van der Waals surface area contributed by atoms with E-state index < -0.39 is 7.12 Å². The van der Waals surface area contributed by atoms with E-state index in [0.717, 1.165) is 0 Å². The van der Waals surface area contributed by atoms with Crippen molar-refractivity contribution in [2.75, 3.05) is 5.32 Å². The Bertz CT molecular complexity index is 496. The van der Waals surface area contributed by atoms with Crippen molar-refractivity contribution >= 4 is 35.5 Å². The fourth-order valence-corrected chi connectivity index (χ4v) is 1.96. The summed E-state index contributed by atoms with van der Waals surface area (Å²) in [6.45, 7) is 0. The zero-order valence-corrected chi connectivity index (χ0v) is 9.65. The maximum absolute atomic E-state index is 11.7. The van der Waals surface area contributed by atoms with Gasteiger partial charge >= 0.3 is 7.12 Å². The predicted octanol–water partition coefficient (Wildman–Crippen LogP) is 0.680. The summed E-state index contributed by atoms with van der Waals surface area (Å²) in [4.78, 5) is 12.3. The van der Waals surface area contributed by atoms with E-state index in [1.54, 1.807) is 30.3 Å². The maximum atomic E-state index is 11.7. The van der Waals surface area contributed by atoms with Crippen LogP contribution in [0.15, 0.2) is 41.8 Å². The molecule has 0 aliphatic heterocycles. The number of carbonyl (C=O) groups is 1. The van der Waals surface area contributed by atoms with E-state index in [-0.39, 0.29) is 5.91 Å². The van der Waals surface area contributed by atoms with Crippen molar-refractivity contribution in [3.8, 4) is 0 Å². The molecule has 6 heteroatoms. The SMILES string of the molecule is O=C(Nc1ccc(B(O)O)cc1)c1cccs1. The zero-order chi connectivity index (χ0) is 12.3. The number of nitrogens with one attached hydrogen (secondary N) is 1. The molecule has 0 radical (unpaired) electrons. The van der Waals surface area contributed by atoms with Crippen LogP contribution in [-0.2, 0) is 0 Å². The molecule has 0 aliphatic carbocycles. The van der Waals surface area contributed by atoms with Crippen LogP contribution in [0.1, 0.15) is 9.67 Å². The van der Waals surface area contributed by atoms with Crippen LogP contribution in [-0.4, -0.2) is 23.1 Å². The largest absolute Gasteiger partial charge is 0.488 e. The van der Waals surface area contributed by atoms with Gasteiger partial charge in [0.1, 0.15) is 0 Å². The average molecular weight is 247 g/mol. The first kappa shape index (κ1) is 11.8. The fraction of sp³-hybridized carbons (Fsp3) is 0. The summed E-state index contributed by atoms with van der Waals surface area (Å²) in [5.74, 6) is -0.169. The lowest BCUT2D eigenvalue weighted by atomic mass is 9.80. The third kappa shape index (κ3) is 2.94. The second-order valence-corrected chi connectivity index (χ2v) is 4.37. The summed E-state index contributed by atoms with van der Waals surface area (Å²) in [6, 6.07) is 9.90. The lowest BCUT2D eigenvalue weighted by Gasteiger charge is -2.04. The molecule has 1 aromatic carbocycles.